The summed E-state index contributed by atoms with van der Waals surface area (Å²) < 4.78 is 0. The number of likely N-dealkylation sites (tertiary alicyclic amines) is 2. The topological polar surface area (TPSA) is 81.2 Å². The monoisotopic (exact) mass is 283 g/mol. The van der Waals surface area contributed by atoms with E-state index >= 15 is 0 Å². The van der Waals surface area contributed by atoms with Crippen molar-refractivity contribution >= 4 is 17.9 Å². The second kappa shape index (κ2) is 6.11. The Morgan fingerprint density at radius 1 is 1.15 bits per heavy atom. The zero-order valence-electron chi connectivity index (χ0n) is 11.7. The largest absolute Gasteiger partial charge is 0.480 e. The van der Waals surface area contributed by atoms with E-state index in [4.69, 9.17) is 5.11 Å². The van der Waals surface area contributed by atoms with Gasteiger partial charge in [-0.3, -0.25) is 4.79 Å². The van der Waals surface area contributed by atoms with Crippen molar-refractivity contribution in [1.29, 1.82) is 0 Å². The van der Waals surface area contributed by atoms with Crippen molar-refractivity contribution in [3.63, 3.8) is 0 Å². The van der Waals surface area contributed by atoms with Gasteiger partial charge in [0.2, 0.25) is 5.91 Å². The van der Waals surface area contributed by atoms with Crippen LogP contribution in [0.25, 0.3) is 0 Å². The third-order valence-corrected chi connectivity index (χ3v) is 3.94. The van der Waals surface area contributed by atoms with Gasteiger partial charge in [0.25, 0.3) is 0 Å². The lowest BCUT2D eigenvalue weighted by atomic mass is 10.2. The summed E-state index contributed by atoms with van der Waals surface area (Å²) in [5.41, 5.74) is 0. The van der Waals surface area contributed by atoms with E-state index in [1.54, 1.807) is 11.9 Å². The Labute approximate surface area is 118 Å². The van der Waals surface area contributed by atoms with Gasteiger partial charge in [-0.25, -0.2) is 9.59 Å². The van der Waals surface area contributed by atoms with Gasteiger partial charge in [-0.15, -0.1) is 0 Å². The first-order valence-corrected chi connectivity index (χ1v) is 7.03. The molecular formula is C13H21N3O4. The Hall–Kier alpha value is -1.79. The number of carbonyl (C=O) groups is 3. The van der Waals surface area contributed by atoms with Gasteiger partial charge in [0, 0.05) is 26.7 Å². The van der Waals surface area contributed by atoms with Crippen molar-refractivity contribution in [3.8, 4) is 0 Å². The lowest BCUT2D eigenvalue weighted by molar-refractivity contribution is -0.141. The molecule has 112 valence electrons. The average Bonchev–Trinajstić information content (AvgIpc) is 3.08. The van der Waals surface area contributed by atoms with Gasteiger partial charge in [-0.2, -0.15) is 0 Å². The van der Waals surface area contributed by atoms with Gasteiger partial charge < -0.3 is 19.8 Å². The number of hydrogen-bond acceptors (Lipinski definition) is 3. The standard InChI is InChI=1S/C13H21N3O4/c1-14(9-11(17)15-6-2-3-7-15)13(20)16-8-4-5-10(16)12(18)19/h10H,2-9H2,1H3,(H,18,19)/t10-/m0/s1. The maximum Gasteiger partial charge on any atom is 0.326 e. The van der Waals surface area contributed by atoms with Crippen LogP contribution in [0, 0.1) is 0 Å². The number of carboxylic acids is 1. The molecule has 0 aromatic carbocycles. The van der Waals surface area contributed by atoms with Gasteiger partial charge >= 0.3 is 12.0 Å². The molecule has 2 heterocycles. The van der Waals surface area contributed by atoms with Crippen molar-refractivity contribution in [2.45, 2.75) is 31.7 Å². The van der Waals surface area contributed by atoms with Crippen molar-refractivity contribution < 1.29 is 19.5 Å². The van der Waals surface area contributed by atoms with Crippen LogP contribution >= 0.6 is 0 Å². The molecule has 3 amide bonds. The molecule has 20 heavy (non-hydrogen) atoms. The molecule has 7 nitrogen and oxygen atoms in total. The molecule has 2 fully saturated rings. The molecule has 2 aliphatic heterocycles. The lowest BCUT2D eigenvalue weighted by Crippen LogP contribution is -2.49. The SMILES string of the molecule is CN(CC(=O)N1CCCC1)C(=O)N1CCC[C@H]1C(=O)O. The molecule has 0 bridgehead atoms. The highest BCUT2D eigenvalue weighted by Crippen LogP contribution is 2.19. The third kappa shape index (κ3) is 3.02. The van der Waals surface area contributed by atoms with Gasteiger partial charge in [0.1, 0.15) is 12.6 Å². The van der Waals surface area contributed by atoms with Crippen LogP contribution in [-0.4, -0.2) is 77.0 Å². The number of carbonyl (C=O) groups excluding carboxylic acids is 2. The molecule has 7 heteroatoms. The van der Waals surface area contributed by atoms with E-state index in [1.807, 2.05) is 0 Å². The fraction of sp³-hybridized carbons (Fsp3) is 0.769. The zero-order chi connectivity index (χ0) is 14.7. The molecular weight excluding hydrogens is 262 g/mol. The lowest BCUT2D eigenvalue weighted by Gasteiger charge is -2.28. The normalized spacial score (nSPS) is 22.1. The summed E-state index contributed by atoms with van der Waals surface area (Å²) in [6, 6.07) is -1.13. The summed E-state index contributed by atoms with van der Waals surface area (Å²) in [4.78, 5) is 39.7. The first kappa shape index (κ1) is 14.6. The van der Waals surface area contributed by atoms with E-state index < -0.39 is 12.0 Å². The van der Waals surface area contributed by atoms with E-state index in [-0.39, 0.29) is 18.5 Å². The number of nitrogens with zero attached hydrogens (tertiary/aromatic N) is 3. The van der Waals surface area contributed by atoms with E-state index in [2.05, 4.69) is 0 Å². The number of likely N-dealkylation sites (N-methyl/N-ethyl adjacent to an activating group) is 1. The van der Waals surface area contributed by atoms with Crippen LogP contribution in [0.15, 0.2) is 0 Å². The van der Waals surface area contributed by atoms with Crippen molar-refractivity contribution in [2.75, 3.05) is 33.2 Å². The first-order valence-electron chi connectivity index (χ1n) is 7.03. The molecule has 0 unspecified atom stereocenters. The molecule has 0 spiro atoms. The minimum absolute atomic E-state index is 0.0155. The van der Waals surface area contributed by atoms with Gasteiger partial charge in [0.05, 0.1) is 0 Å². The summed E-state index contributed by atoms with van der Waals surface area (Å²) in [5.74, 6) is -1.04. The smallest absolute Gasteiger partial charge is 0.326 e. The van der Waals surface area contributed by atoms with Crippen molar-refractivity contribution in [2.24, 2.45) is 0 Å². The predicted octanol–water partition coefficient (Wildman–Crippen LogP) is 0.210. The summed E-state index contributed by atoms with van der Waals surface area (Å²) in [5, 5.41) is 9.08. The molecule has 0 aromatic rings. The molecule has 1 N–H and O–H groups in total. The summed E-state index contributed by atoms with van der Waals surface area (Å²) in [7, 11) is 1.55. The molecule has 2 saturated heterocycles. The average molecular weight is 283 g/mol. The zero-order valence-corrected chi connectivity index (χ0v) is 11.7. The number of urea groups is 1. The second-order valence-electron chi connectivity index (χ2n) is 5.42. The van der Waals surface area contributed by atoms with Crippen LogP contribution in [0.5, 0.6) is 0 Å². The van der Waals surface area contributed by atoms with E-state index in [1.165, 1.54) is 9.80 Å². The van der Waals surface area contributed by atoms with Crippen LogP contribution < -0.4 is 0 Å². The minimum Gasteiger partial charge on any atom is -0.480 e. The molecule has 0 saturated carbocycles. The summed E-state index contributed by atoms with van der Waals surface area (Å²) >= 11 is 0. The molecule has 0 aromatic heterocycles. The van der Waals surface area contributed by atoms with Crippen LogP contribution in [0.2, 0.25) is 0 Å². The predicted molar refractivity (Wildman–Crippen MR) is 71.2 cm³/mol. The Balaban J connectivity index is 1.91. The van der Waals surface area contributed by atoms with Crippen LogP contribution in [0.3, 0.4) is 0 Å². The highest BCUT2D eigenvalue weighted by molar-refractivity contribution is 5.87. The van der Waals surface area contributed by atoms with Crippen LogP contribution in [0.4, 0.5) is 4.79 Å². The van der Waals surface area contributed by atoms with Gasteiger partial charge in [-0.05, 0) is 25.7 Å². The maximum absolute atomic E-state index is 12.2. The van der Waals surface area contributed by atoms with E-state index in [0.717, 1.165) is 25.9 Å². The second-order valence-corrected chi connectivity index (χ2v) is 5.42. The molecule has 2 rings (SSSR count). The number of aliphatic carboxylic acids is 1. The van der Waals surface area contributed by atoms with Crippen LogP contribution in [0.1, 0.15) is 25.7 Å². The van der Waals surface area contributed by atoms with E-state index in [9.17, 15) is 14.4 Å². The maximum atomic E-state index is 12.2. The first-order chi connectivity index (χ1) is 9.50. The number of rotatable bonds is 3. The highest BCUT2D eigenvalue weighted by Gasteiger charge is 2.36. The third-order valence-electron chi connectivity index (χ3n) is 3.94. The Morgan fingerprint density at radius 3 is 2.40 bits per heavy atom. The summed E-state index contributed by atoms with van der Waals surface area (Å²) in [6.45, 7) is 1.96. The highest BCUT2D eigenvalue weighted by atomic mass is 16.4. The molecule has 0 radical (unpaired) electrons. The number of carboxylic acid groups (broad SMARTS) is 1. The molecule has 1 atom stereocenters. The fourth-order valence-electron chi connectivity index (χ4n) is 2.81. The van der Waals surface area contributed by atoms with Gasteiger partial charge in [-0.1, -0.05) is 0 Å². The van der Waals surface area contributed by atoms with Gasteiger partial charge in [0.15, 0.2) is 0 Å². The van der Waals surface area contributed by atoms with E-state index in [0.29, 0.717) is 19.4 Å². The summed E-state index contributed by atoms with van der Waals surface area (Å²) in [6.07, 6.45) is 3.19. The molecule has 0 aliphatic carbocycles. The van der Waals surface area contributed by atoms with Crippen molar-refractivity contribution in [1.82, 2.24) is 14.7 Å². The fourth-order valence-corrected chi connectivity index (χ4v) is 2.81. The van der Waals surface area contributed by atoms with Crippen molar-refractivity contribution in [3.05, 3.63) is 0 Å². The Bertz CT molecular complexity index is 406. The van der Waals surface area contributed by atoms with Crippen LogP contribution in [-0.2, 0) is 9.59 Å². The quantitative estimate of drug-likeness (QED) is 0.803. The number of hydrogen-bond donors (Lipinski definition) is 1. The minimum atomic E-state index is -0.977. The Kier molecular flexibility index (Phi) is 4.46. The Morgan fingerprint density at radius 2 is 1.80 bits per heavy atom. The number of amides is 3. The molecule has 2 aliphatic rings.